The first kappa shape index (κ1) is 12.5. The van der Waals surface area contributed by atoms with Crippen molar-refractivity contribution in [1.82, 2.24) is 10.2 Å². The number of rotatable bonds is 1. The molecule has 0 radical (unpaired) electrons. The first-order chi connectivity index (χ1) is 9.70. The van der Waals surface area contributed by atoms with E-state index in [9.17, 15) is 5.11 Å². The first-order valence-corrected chi connectivity index (χ1v) is 6.64. The van der Waals surface area contributed by atoms with Gasteiger partial charge < -0.3 is 10.8 Å². The molecule has 4 heteroatoms. The van der Waals surface area contributed by atoms with E-state index in [1.807, 2.05) is 0 Å². The first-order valence-electron chi connectivity index (χ1n) is 6.64. The number of fused-ring (bicyclic) bond motifs is 1. The van der Waals surface area contributed by atoms with Crippen LogP contribution in [0.15, 0.2) is 18.2 Å². The number of nitrogen functional groups attached to an aromatic ring is 1. The number of phenols is 1. The van der Waals surface area contributed by atoms with Crippen LogP contribution >= 0.6 is 0 Å². The summed E-state index contributed by atoms with van der Waals surface area (Å²) in [4.78, 5) is 0. The van der Waals surface area contributed by atoms with Gasteiger partial charge in [-0.15, -0.1) is 16.6 Å². The maximum absolute atomic E-state index is 10.2. The number of terminal acetylenes is 1. The van der Waals surface area contributed by atoms with E-state index < -0.39 is 0 Å². The molecule has 1 aromatic heterocycles. The van der Waals surface area contributed by atoms with E-state index in [0.29, 0.717) is 16.9 Å². The molecule has 0 fully saturated rings. The van der Waals surface area contributed by atoms with E-state index in [2.05, 4.69) is 16.1 Å². The van der Waals surface area contributed by atoms with Gasteiger partial charge in [-0.3, -0.25) is 0 Å². The van der Waals surface area contributed by atoms with Crippen LogP contribution in [0.1, 0.15) is 29.5 Å². The lowest BCUT2D eigenvalue weighted by Gasteiger charge is -2.19. The number of anilines is 1. The molecule has 0 saturated heterocycles. The molecule has 2 aromatic rings. The lowest BCUT2D eigenvalue weighted by atomic mass is 9.89. The van der Waals surface area contributed by atoms with Crippen LogP contribution < -0.4 is 5.73 Å². The summed E-state index contributed by atoms with van der Waals surface area (Å²) < 4.78 is 0. The van der Waals surface area contributed by atoms with Crippen molar-refractivity contribution in [2.24, 2.45) is 0 Å². The van der Waals surface area contributed by atoms with Crippen molar-refractivity contribution >= 4 is 5.82 Å². The predicted octanol–water partition coefficient (Wildman–Crippen LogP) is 2.29. The summed E-state index contributed by atoms with van der Waals surface area (Å²) in [7, 11) is 0. The molecular weight excluding hydrogens is 250 g/mol. The fraction of sp³-hybridized carbons (Fsp3) is 0.250. The quantitative estimate of drug-likeness (QED) is 0.776. The number of aromatic nitrogens is 2. The molecule has 0 unspecified atom stereocenters. The summed E-state index contributed by atoms with van der Waals surface area (Å²) in [5.41, 5.74) is 10.1. The Balaban J connectivity index is 2.18. The number of hydrogen-bond acceptors (Lipinski definition) is 4. The Morgan fingerprint density at radius 1 is 1.15 bits per heavy atom. The van der Waals surface area contributed by atoms with Gasteiger partial charge in [0.1, 0.15) is 17.3 Å². The maximum atomic E-state index is 10.2. The lowest BCUT2D eigenvalue weighted by molar-refractivity contribution is 0.476. The topological polar surface area (TPSA) is 72.0 Å². The molecule has 0 amide bonds. The second-order valence-electron chi connectivity index (χ2n) is 4.97. The fourth-order valence-electron chi connectivity index (χ4n) is 2.71. The highest BCUT2D eigenvalue weighted by Gasteiger charge is 2.20. The molecule has 1 heterocycles. The standard InChI is InChI=1S/C16H15N3O/c1-2-10-7-8-13(14(20)9-10)15-11-5-3-4-6-12(11)16(17)19-18-15/h1,7-9,20H,3-6H2,(H2,17,19). The van der Waals surface area contributed by atoms with E-state index in [-0.39, 0.29) is 5.75 Å². The summed E-state index contributed by atoms with van der Waals surface area (Å²) in [6.45, 7) is 0. The minimum atomic E-state index is 0.132. The Hall–Kier alpha value is -2.54. The van der Waals surface area contributed by atoms with Gasteiger partial charge in [-0.25, -0.2) is 0 Å². The third-order valence-corrected chi connectivity index (χ3v) is 3.74. The zero-order valence-corrected chi connectivity index (χ0v) is 11.1. The number of phenolic OH excluding ortho intramolecular Hbond substituents is 1. The van der Waals surface area contributed by atoms with Crippen molar-refractivity contribution in [3.05, 3.63) is 34.9 Å². The molecule has 0 spiro atoms. The summed E-state index contributed by atoms with van der Waals surface area (Å²) in [5, 5.41) is 18.4. The Labute approximate surface area is 117 Å². The number of nitrogens with two attached hydrogens (primary N) is 1. The second kappa shape index (κ2) is 4.86. The fourth-order valence-corrected chi connectivity index (χ4v) is 2.71. The van der Waals surface area contributed by atoms with Crippen LogP contribution in [-0.2, 0) is 12.8 Å². The van der Waals surface area contributed by atoms with Gasteiger partial charge >= 0.3 is 0 Å². The van der Waals surface area contributed by atoms with Crippen LogP contribution in [0, 0.1) is 12.3 Å². The maximum Gasteiger partial charge on any atom is 0.149 e. The van der Waals surface area contributed by atoms with Crippen molar-refractivity contribution in [1.29, 1.82) is 0 Å². The van der Waals surface area contributed by atoms with Crippen molar-refractivity contribution in [2.45, 2.75) is 25.7 Å². The Morgan fingerprint density at radius 2 is 1.90 bits per heavy atom. The SMILES string of the molecule is C#Cc1ccc(-c2nnc(N)c3c2CCCC3)c(O)c1. The molecule has 3 N–H and O–H groups in total. The number of nitrogens with zero attached hydrogens (tertiary/aromatic N) is 2. The van der Waals surface area contributed by atoms with Crippen LogP contribution in [0.25, 0.3) is 11.3 Å². The largest absolute Gasteiger partial charge is 0.507 e. The molecule has 3 rings (SSSR count). The Kier molecular flexibility index (Phi) is 3.03. The second-order valence-corrected chi connectivity index (χ2v) is 4.97. The zero-order chi connectivity index (χ0) is 14.1. The zero-order valence-electron chi connectivity index (χ0n) is 11.1. The van der Waals surface area contributed by atoms with Crippen molar-refractivity contribution in [2.75, 3.05) is 5.73 Å². The van der Waals surface area contributed by atoms with Crippen molar-refractivity contribution < 1.29 is 5.11 Å². The highest BCUT2D eigenvalue weighted by atomic mass is 16.3. The molecule has 0 aliphatic heterocycles. The van der Waals surface area contributed by atoms with E-state index in [1.165, 1.54) is 0 Å². The number of aromatic hydroxyl groups is 1. The van der Waals surface area contributed by atoms with E-state index in [1.54, 1.807) is 18.2 Å². The normalized spacial score (nSPS) is 13.6. The monoisotopic (exact) mass is 265 g/mol. The van der Waals surface area contributed by atoms with Crippen LogP contribution in [0.5, 0.6) is 5.75 Å². The third kappa shape index (κ3) is 1.97. The average Bonchev–Trinajstić information content (AvgIpc) is 2.48. The van der Waals surface area contributed by atoms with Crippen molar-refractivity contribution in [3.63, 3.8) is 0 Å². The van der Waals surface area contributed by atoms with Gasteiger partial charge in [-0.05, 0) is 49.4 Å². The molecule has 0 bridgehead atoms. The summed E-state index contributed by atoms with van der Waals surface area (Å²) in [5.74, 6) is 3.14. The van der Waals surface area contributed by atoms with Gasteiger partial charge in [0.25, 0.3) is 0 Å². The molecule has 4 nitrogen and oxygen atoms in total. The summed E-state index contributed by atoms with van der Waals surface area (Å²) in [6.07, 6.45) is 9.39. The molecule has 1 aliphatic rings. The van der Waals surface area contributed by atoms with Gasteiger partial charge in [-0.2, -0.15) is 0 Å². The molecule has 1 aromatic carbocycles. The van der Waals surface area contributed by atoms with Crippen LogP contribution in [0.4, 0.5) is 5.82 Å². The van der Waals surface area contributed by atoms with Crippen molar-refractivity contribution in [3.8, 4) is 29.4 Å². The molecule has 0 saturated carbocycles. The van der Waals surface area contributed by atoms with Gasteiger partial charge in [0.05, 0.1) is 0 Å². The van der Waals surface area contributed by atoms with Crippen LogP contribution in [-0.4, -0.2) is 15.3 Å². The lowest BCUT2D eigenvalue weighted by Crippen LogP contribution is -2.11. The van der Waals surface area contributed by atoms with Crippen LogP contribution in [0.2, 0.25) is 0 Å². The van der Waals surface area contributed by atoms with Crippen LogP contribution in [0.3, 0.4) is 0 Å². The van der Waals surface area contributed by atoms with E-state index >= 15 is 0 Å². The van der Waals surface area contributed by atoms with E-state index in [4.69, 9.17) is 12.2 Å². The Morgan fingerprint density at radius 3 is 2.60 bits per heavy atom. The van der Waals surface area contributed by atoms with E-state index in [0.717, 1.165) is 42.5 Å². The minimum absolute atomic E-state index is 0.132. The predicted molar refractivity (Wildman–Crippen MR) is 78.1 cm³/mol. The summed E-state index contributed by atoms with van der Waals surface area (Å²) in [6, 6.07) is 5.16. The van der Waals surface area contributed by atoms with Gasteiger partial charge in [0.15, 0.2) is 0 Å². The molecule has 100 valence electrons. The number of hydrogen-bond donors (Lipinski definition) is 2. The Bertz CT molecular complexity index is 716. The number of benzene rings is 1. The molecule has 0 atom stereocenters. The van der Waals surface area contributed by atoms with Gasteiger partial charge in [0, 0.05) is 16.7 Å². The highest BCUT2D eigenvalue weighted by Crippen LogP contribution is 2.36. The molecule has 1 aliphatic carbocycles. The molecule has 20 heavy (non-hydrogen) atoms. The summed E-state index contributed by atoms with van der Waals surface area (Å²) >= 11 is 0. The average molecular weight is 265 g/mol. The smallest absolute Gasteiger partial charge is 0.149 e. The van der Waals surface area contributed by atoms with Gasteiger partial charge in [0.2, 0.25) is 0 Å². The molecular formula is C16H15N3O. The van der Waals surface area contributed by atoms with Gasteiger partial charge in [-0.1, -0.05) is 5.92 Å². The highest BCUT2D eigenvalue weighted by molar-refractivity contribution is 5.73. The third-order valence-electron chi connectivity index (χ3n) is 3.74. The minimum Gasteiger partial charge on any atom is -0.507 e.